The molecule has 0 spiro atoms. The van der Waals surface area contributed by atoms with Gasteiger partial charge in [0.2, 0.25) is 0 Å². The maximum Gasteiger partial charge on any atom is 0.387 e. The summed E-state index contributed by atoms with van der Waals surface area (Å²) in [5.74, 6) is 0.198. The van der Waals surface area contributed by atoms with E-state index in [1.54, 1.807) is 12.1 Å². The van der Waals surface area contributed by atoms with E-state index in [-0.39, 0.29) is 11.5 Å². The van der Waals surface area contributed by atoms with Gasteiger partial charge in [-0.1, -0.05) is 6.92 Å². The fraction of sp³-hybridized carbons (Fsp3) is 0.308. The van der Waals surface area contributed by atoms with Crippen molar-refractivity contribution in [3.63, 3.8) is 0 Å². The molecule has 1 aromatic heterocycles. The fourth-order valence-corrected chi connectivity index (χ4v) is 2.54. The first kappa shape index (κ1) is 14.5. The Morgan fingerprint density at radius 3 is 2.65 bits per heavy atom. The number of nitrogen functional groups attached to an aromatic ring is 1. The molecule has 1 aromatic carbocycles. The average Bonchev–Trinajstić information content (AvgIpc) is 2.79. The summed E-state index contributed by atoms with van der Waals surface area (Å²) in [7, 11) is 1.39. The first-order valence-corrected chi connectivity index (χ1v) is 6.75. The van der Waals surface area contributed by atoms with Gasteiger partial charge in [-0.15, -0.1) is 11.3 Å². The van der Waals surface area contributed by atoms with Crippen LogP contribution in [0.1, 0.15) is 11.9 Å². The van der Waals surface area contributed by atoms with Gasteiger partial charge in [0.1, 0.15) is 10.7 Å². The highest BCUT2D eigenvalue weighted by molar-refractivity contribution is 7.16. The highest BCUT2D eigenvalue weighted by atomic mass is 32.1. The summed E-state index contributed by atoms with van der Waals surface area (Å²) < 4.78 is 34.2. The number of thiazole rings is 1. The molecule has 0 aliphatic carbocycles. The van der Waals surface area contributed by atoms with Crippen molar-refractivity contribution in [2.45, 2.75) is 20.0 Å². The molecule has 0 fully saturated rings. The molecule has 1 heterocycles. The highest BCUT2D eigenvalue weighted by Crippen LogP contribution is 2.37. The Balaban J connectivity index is 2.43. The molecule has 7 heteroatoms. The third-order valence-corrected chi connectivity index (χ3v) is 3.68. The van der Waals surface area contributed by atoms with Crippen LogP contribution in [0.3, 0.4) is 0 Å². The summed E-state index contributed by atoms with van der Waals surface area (Å²) in [6, 6.07) is 4.72. The molecule has 0 aliphatic heterocycles. The molecule has 2 aromatic rings. The number of aryl methyl sites for hydroxylation is 1. The Bertz CT molecular complexity index is 602. The van der Waals surface area contributed by atoms with Crippen LogP contribution < -0.4 is 15.2 Å². The quantitative estimate of drug-likeness (QED) is 0.917. The van der Waals surface area contributed by atoms with Crippen molar-refractivity contribution in [1.29, 1.82) is 0 Å². The number of methoxy groups -OCH3 is 1. The Labute approximate surface area is 119 Å². The summed E-state index contributed by atoms with van der Waals surface area (Å²) >= 11 is 1.39. The zero-order valence-electron chi connectivity index (χ0n) is 11.0. The van der Waals surface area contributed by atoms with Crippen molar-refractivity contribution in [2.75, 3.05) is 12.8 Å². The zero-order valence-corrected chi connectivity index (χ0v) is 11.8. The van der Waals surface area contributed by atoms with Crippen molar-refractivity contribution in [3.8, 4) is 22.8 Å². The van der Waals surface area contributed by atoms with Crippen molar-refractivity contribution in [2.24, 2.45) is 0 Å². The molecule has 20 heavy (non-hydrogen) atoms. The van der Waals surface area contributed by atoms with E-state index in [1.807, 2.05) is 6.92 Å². The van der Waals surface area contributed by atoms with Gasteiger partial charge in [-0.25, -0.2) is 4.98 Å². The first-order chi connectivity index (χ1) is 9.55. The molecule has 0 saturated carbocycles. The number of anilines is 1. The number of halogens is 2. The minimum Gasteiger partial charge on any atom is -0.493 e. The third-order valence-electron chi connectivity index (χ3n) is 2.65. The Hall–Kier alpha value is -1.89. The van der Waals surface area contributed by atoms with Crippen LogP contribution in [0.4, 0.5) is 13.8 Å². The van der Waals surface area contributed by atoms with Crippen LogP contribution >= 0.6 is 11.3 Å². The van der Waals surface area contributed by atoms with E-state index in [4.69, 9.17) is 10.5 Å². The number of aromatic nitrogens is 1. The molecule has 0 bridgehead atoms. The molecular formula is C13H14F2N2O2S. The lowest BCUT2D eigenvalue weighted by Gasteiger charge is -2.11. The lowest BCUT2D eigenvalue weighted by molar-refractivity contribution is -0.0511. The molecule has 0 radical (unpaired) electrons. The smallest absolute Gasteiger partial charge is 0.387 e. The van der Waals surface area contributed by atoms with E-state index >= 15 is 0 Å². The molecular weight excluding hydrogens is 286 g/mol. The molecule has 2 N–H and O–H groups in total. The first-order valence-electron chi connectivity index (χ1n) is 5.93. The third kappa shape index (κ3) is 2.98. The Morgan fingerprint density at radius 2 is 2.10 bits per heavy atom. The van der Waals surface area contributed by atoms with Crippen molar-refractivity contribution in [3.05, 3.63) is 23.2 Å². The average molecular weight is 300 g/mol. The van der Waals surface area contributed by atoms with Gasteiger partial charge in [0.25, 0.3) is 0 Å². The Kier molecular flexibility index (Phi) is 4.39. The van der Waals surface area contributed by atoms with E-state index in [0.29, 0.717) is 16.3 Å². The van der Waals surface area contributed by atoms with Gasteiger partial charge < -0.3 is 15.2 Å². The number of hydrogen-bond donors (Lipinski definition) is 1. The van der Waals surface area contributed by atoms with Crippen LogP contribution in [0.2, 0.25) is 0 Å². The molecule has 2 rings (SSSR count). The van der Waals surface area contributed by atoms with Crippen molar-refractivity contribution < 1.29 is 18.3 Å². The SMILES string of the molecule is CCc1nc(-c2ccc(OC)c(OC(F)F)c2)c(N)s1. The summed E-state index contributed by atoms with van der Waals surface area (Å²) in [4.78, 5) is 4.38. The number of nitrogens with zero attached hydrogens (tertiary/aromatic N) is 1. The molecule has 4 nitrogen and oxygen atoms in total. The standard InChI is InChI=1S/C13H14F2N2O2S/c1-3-10-17-11(12(16)20-10)7-4-5-8(18-2)9(6-7)19-13(14)15/h4-6,13H,3,16H2,1-2H3. The summed E-state index contributed by atoms with van der Waals surface area (Å²) in [5, 5.41) is 1.44. The highest BCUT2D eigenvalue weighted by Gasteiger charge is 2.15. The number of alkyl halides is 2. The maximum atomic E-state index is 12.4. The Morgan fingerprint density at radius 1 is 1.35 bits per heavy atom. The van der Waals surface area contributed by atoms with E-state index in [9.17, 15) is 8.78 Å². The summed E-state index contributed by atoms with van der Waals surface area (Å²) in [6.45, 7) is -0.945. The van der Waals surface area contributed by atoms with E-state index in [1.165, 1.54) is 24.5 Å². The number of nitrogens with two attached hydrogens (primary N) is 1. The predicted molar refractivity (Wildman–Crippen MR) is 74.5 cm³/mol. The monoisotopic (exact) mass is 300 g/mol. The fourth-order valence-electron chi connectivity index (χ4n) is 1.75. The topological polar surface area (TPSA) is 57.4 Å². The molecule has 0 saturated heterocycles. The van der Waals surface area contributed by atoms with E-state index in [0.717, 1.165) is 11.4 Å². The largest absolute Gasteiger partial charge is 0.493 e. The second kappa shape index (κ2) is 6.04. The van der Waals surface area contributed by atoms with E-state index in [2.05, 4.69) is 9.72 Å². The lowest BCUT2D eigenvalue weighted by atomic mass is 10.1. The zero-order chi connectivity index (χ0) is 14.7. The summed E-state index contributed by atoms with van der Waals surface area (Å²) in [5.41, 5.74) is 7.10. The van der Waals surface area contributed by atoms with Crippen LogP contribution in [0.15, 0.2) is 18.2 Å². The second-order valence-electron chi connectivity index (χ2n) is 3.92. The van der Waals surface area contributed by atoms with Gasteiger partial charge in [-0.3, -0.25) is 0 Å². The van der Waals surface area contributed by atoms with Gasteiger partial charge in [0, 0.05) is 5.56 Å². The number of benzene rings is 1. The summed E-state index contributed by atoms with van der Waals surface area (Å²) in [6.07, 6.45) is 0.769. The van der Waals surface area contributed by atoms with Gasteiger partial charge in [-0.05, 0) is 24.6 Å². The van der Waals surface area contributed by atoms with Crippen LogP contribution in [0.25, 0.3) is 11.3 Å². The van der Waals surface area contributed by atoms with E-state index < -0.39 is 6.61 Å². The second-order valence-corrected chi connectivity index (χ2v) is 5.03. The van der Waals surface area contributed by atoms with Crippen LogP contribution in [0.5, 0.6) is 11.5 Å². The normalized spacial score (nSPS) is 10.8. The van der Waals surface area contributed by atoms with Crippen LogP contribution in [-0.2, 0) is 6.42 Å². The van der Waals surface area contributed by atoms with Crippen molar-refractivity contribution in [1.82, 2.24) is 4.98 Å². The maximum absolute atomic E-state index is 12.4. The predicted octanol–water partition coefficient (Wildman–Crippen LogP) is 3.56. The molecule has 0 atom stereocenters. The minimum atomic E-state index is -2.92. The number of rotatable bonds is 5. The van der Waals surface area contributed by atoms with Gasteiger partial charge >= 0.3 is 6.61 Å². The van der Waals surface area contributed by atoms with Crippen molar-refractivity contribution >= 4 is 16.3 Å². The molecule has 0 aliphatic rings. The van der Waals surface area contributed by atoms with Crippen LogP contribution in [-0.4, -0.2) is 18.7 Å². The van der Waals surface area contributed by atoms with Gasteiger partial charge in [0.05, 0.1) is 12.1 Å². The van der Waals surface area contributed by atoms with Gasteiger partial charge in [-0.2, -0.15) is 8.78 Å². The lowest BCUT2D eigenvalue weighted by Crippen LogP contribution is -2.03. The number of ether oxygens (including phenoxy) is 2. The molecule has 0 unspecified atom stereocenters. The molecule has 0 amide bonds. The van der Waals surface area contributed by atoms with Crippen LogP contribution in [0, 0.1) is 0 Å². The van der Waals surface area contributed by atoms with Gasteiger partial charge in [0.15, 0.2) is 11.5 Å². The molecule has 108 valence electrons. The minimum absolute atomic E-state index is 0.0366. The number of hydrogen-bond acceptors (Lipinski definition) is 5.